The van der Waals surface area contributed by atoms with Gasteiger partial charge in [0.15, 0.2) is 0 Å². The number of amides is 2. The Morgan fingerprint density at radius 3 is 2.57 bits per heavy atom. The molecule has 2 amide bonds. The van der Waals surface area contributed by atoms with E-state index in [0.717, 1.165) is 11.3 Å². The van der Waals surface area contributed by atoms with Crippen molar-refractivity contribution < 1.29 is 14.0 Å². The molecule has 30 heavy (non-hydrogen) atoms. The number of anilines is 3. The Labute approximate surface area is 180 Å². The molecule has 2 aromatic rings. The molecule has 2 aliphatic heterocycles. The van der Waals surface area contributed by atoms with Crippen molar-refractivity contribution >= 4 is 40.5 Å². The fraction of sp³-hybridized carbons (Fsp3) is 0.364. The van der Waals surface area contributed by atoms with Gasteiger partial charge in [-0.15, -0.1) is 0 Å². The third-order valence-corrected chi connectivity index (χ3v) is 5.97. The monoisotopic (exact) mass is 430 g/mol. The van der Waals surface area contributed by atoms with Gasteiger partial charge in [-0.25, -0.2) is 4.39 Å². The van der Waals surface area contributed by atoms with Gasteiger partial charge in [0.05, 0.1) is 0 Å². The Hall–Kier alpha value is -2.80. The van der Waals surface area contributed by atoms with Gasteiger partial charge in [0, 0.05) is 67.2 Å². The number of hydrogen-bond donors (Lipinski definition) is 2. The minimum Gasteiger partial charge on any atom is -0.373 e. The summed E-state index contributed by atoms with van der Waals surface area (Å²) >= 11 is 6.30. The first-order valence-corrected chi connectivity index (χ1v) is 10.4. The highest BCUT2D eigenvalue weighted by Gasteiger charge is 2.30. The van der Waals surface area contributed by atoms with Crippen molar-refractivity contribution in [2.45, 2.75) is 26.3 Å². The molecule has 0 saturated carbocycles. The highest BCUT2D eigenvalue weighted by atomic mass is 35.5. The summed E-state index contributed by atoms with van der Waals surface area (Å²) in [5, 5.41) is 6.56. The van der Waals surface area contributed by atoms with Gasteiger partial charge in [0.2, 0.25) is 11.8 Å². The van der Waals surface area contributed by atoms with Crippen molar-refractivity contribution in [3.63, 3.8) is 0 Å². The van der Waals surface area contributed by atoms with Gasteiger partial charge in [0.1, 0.15) is 11.9 Å². The fourth-order valence-corrected chi connectivity index (χ4v) is 4.29. The molecule has 0 radical (unpaired) electrons. The molecule has 2 aromatic carbocycles. The number of carbonyl (C=O) groups excluding carboxylic acids is 2. The van der Waals surface area contributed by atoms with E-state index in [1.807, 2.05) is 24.0 Å². The van der Waals surface area contributed by atoms with Gasteiger partial charge in [-0.1, -0.05) is 17.7 Å². The number of aryl methyl sites for hydroxylation is 1. The van der Waals surface area contributed by atoms with Crippen molar-refractivity contribution in [2.75, 3.05) is 41.7 Å². The second kappa shape index (κ2) is 8.14. The van der Waals surface area contributed by atoms with E-state index in [9.17, 15) is 14.0 Å². The van der Waals surface area contributed by atoms with Crippen LogP contribution >= 0.6 is 11.6 Å². The van der Waals surface area contributed by atoms with Crippen molar-refractivity contribution in [1.29, 1.82) is 0 Å². The highest BCUT2D eigenvalue weighted by Crippen LogP contribution is 2.32. The lowest BCUT2D eigenvalue weighted by molar-refractivity contribution is -0.129. The molecule has 6 nitrogen and oxygen atoms in total. The summed E-state index contributed by atoms with van der Waals surface area (Å²) in [6, 6.07) is 8.02. The maximum Gasteiger partial charge on any atom is 0.247 e. The van der Waals surface area contributed by atoms with Crippen LogP contribution in [0.3, 0.4) is 0 Å². The van der Waals surface area contributed by atoms with Gasteiger partial charge in [-0.2, -0.15) is 0 Å². The smallest absolute Gasteiger partial charge is 0.247 e. The molecular weight excluding hydrogens is 407 g/mol. The van der Waals surface area contributed by atoms with Gasteiger partial charge in [0.25, 0.3) is 0 Å². The number of carbonyl (C=O) groups is 2. The molecule has 1 atom stereocenters. The third kappa shape index (κ3) is 4.07. The SMILES string of the molecule is CC(=O)N1CCN(c2cc(Cl)cc(NC(=O)C3Cc4c(F)ccc(C)c4N3)c2)CC1. The molecule has 4 rings (SSSR count). The second-order valence-electron chi connectivity index (χ2n) is 7.80. The van der Waals surface area contributed by atoms with E-state index in [0.29, 0.717) is 54.6 Å². The zero-order valence-electron chi connectivity index (χ0n) is 17.0. The summed E-state index contributed by atoms with van der Waals surface area (Å²) < 4.78 is 14.1. The number of hydrogen-bond acceptors (Lipinski definition) is 4. The van der Waals surface area contributed by atoms with Crippen LogP contribution in [0.25, 0.3) is 0 Å². The Kier molecular flexibility index (Phi) is 5.56. The lowest BCUT2D eigenvalue weighted by Gasteiger charge is -2.35. The summed E-state index contributed by atoms with van der Waals surface area (Å²) in [7, 11) is 0. The standard InChI is InChI=1S/C22H24ClFN4O2/c1-13-3-4-19(24)18-12-20(26-21(13)18)22(30)25-16-9-15(23)10-17(11-16)28-7-5-27(6-8-28)14(2)29/h3-4,9-11,20,26H,5-8,12H2,1-2H3,(H,25,30). The molecule has 1 fully saturated rings. The summed E-state index contributed by atoms with van der Waals surface area (Å²) in [5.74, 6) is -0.460. The van der Waals surface area contributed by atoms with Crippen LogP contribution in [-0.2, 0) is 16.0 Å². The first kappa shape index (κ1) is 20.5. The molecular formula is C22H24ClFN4O2. The number of nitrogens with zero attached hydrogens (tertiary/aromatic N) is 2. The van der Waals surface area contributed by atoms with E-state index in [1.54, 1.807) is 19.1 Å². The van der Waals surface area contributed by atoms with Crippen LogP contribution in [0.2, 0.25) is 5.02 Å². The summed E-state index contributed by atoms with van der Waals surface area (Å²) in [5.41, 5.74) is 3.64. The predicted octanol–water partition coefficient (Wildman–Crippen LogP) is 3.43. The fourth-order valence-electron chi connectivity index (χ4n) is 4.07. The molecule has 0 aliphatic carbocycles. The first-order chi connectivity index (χ1) is 14.3. The van der Waals surface area contributed by atoms with Crippen LogP contribution < -0.4 is 15.5 Å². The number of fused-ring (bicyclic) bond motifs is 1. The zero-order chi connectivity index (χ0) is 21.4. The molecule has 8 heteroatoms. The van der Waals surface area contributed by atoms with Gasteiger partial charge >= 0.3 is 0 Å². The van der Waals surface area contributed by atoms with E-state index in [-0.39, 0.29) is 17.6 Å². The van der Waals surface area contributed by atoms with Crippen LogP contribution in [0.4, 0.5) is 21.5 Å². The predicted molar refractivity (Wildman–Crippen MR) is 117 cm³/mol. The lowest BCUT2D eigenvalue weighted by atomic mass is 10.1. The molecule has 2 aliphatic rings. The topological polar surface area (TPSA) is 64.7 Å². The number of piperazine rings is 1. The van der Waals surface area contributed by atoms with E-state index in [2.05, 4.69) is 15.5 Å². The summed E-state index contributed by atoms with van der Waals surface area (Å²) in [6.07, 6.45) is 0.301. The molecule has 1 saturated heterocycles. The van der Waals surface area contributed by atoms with Crippen LogP contribution in [0.1, 0.15) is 18.1 Å². The molecule has 158 valence electrons. The summed E-state index contributed by atoms with van der Waals surface area (Å²) in [4.78, 5) is 28.3. The van der Waals surface area contributed by atoms with Crippen LogP contribution in [0.5, 0.6) is 0 Å². The molecule has 1 unspecified atom stereocenters. The Morgan fingerprint density at radius 1 is 1.17 bits per heavy atom. The van der Waals surface area contributed by atoms with Crippen molar-refractivity contribution in [1.82, 2.24) is 4.90 Å². The molecule has 2 heterocycles. The summed E-state index contributed by atoms with van der Waals surface area (Å²) in [6.45, 7) is 6.17. The third-order valence-electron chi connectivity index (χ3n) is 5.75. The first-order valence-electron chi connectivity index (χ1n) is 9.98. The van der Waals surface area contributed by atoms with Crippen molar-refractivity contribution in [2.24, 2.45) is 0 Å². The maximum absolute atomic E-state index is 14.1. The Morgan fingerprint density at radius 2 is 1.90 bits per heavy atom. The number of halogens is 2. The minimum absolute atomic E-state index is 0.0745. The Bertz CT molecular complexity index is 974. The average Bonchev–Trinajstić information content (AvgIpc) is 3.17. The van der Waals surface area contributed by atoms with Crippen LogP contribution in [0.15, 0.2) is 30.3 Å². The van der Waals surface area contributed by atoms with Crippen molar-refractivity contribution in [3.8, 4) is 0 Å². The lowest BCUT2D eigenvalue weighted by Crippen LogP contribution is -2.48. The van der Waals surface area contributed by atoms with Gasteiger partial charge in [-0.05, 0) is 36.8 Å². The van der Waals surface area contributed by atoms with E-state index in [4.69, 9.17) is 11.6 Å². The number of benzene rings is 2. The number of nitrogens with one attached hydrogen (secondary N) is 2. The quantitative estimate of drug-likeness (QED) is 0.783. The largest absolute Gasteiger partial charge is 0.373 e. The molecule has 0 bridgehead atoms. The van der Waals surface area contributed by atoms with E-state index in [1.165, 1.54) is 6.07 Å². The second-order valence-corrected chi connectivity index (χ2v) is 8.24. The van der Waals surface area contributed by atoms with Crippen molar-refractivity contribution in [3.05, 3.63) is 52.3 Å². The Balaban J connectivity index is 1.45. The van der Waals surface area contributed by atoms with Gasteiger partial charge < -0.3 is 20.4 Å². The normalized spacial score (nSPS) is 18.1. The molecule has 2 N–H and O–H groups in total. The molecule has 0 spiro atoms. The van der Waals surface area contributed by atoms with E-state index >= 15 is 0 Å². The van der Waals surface area contributed by atoms with Gasteiger partial charge in [-0.3, -0.25) is 9.59 Å². The maximum atomic E-state index is 14.1. The van der Waals surface area contributed by atoms with E-state index < -0.39 is 6.04 Å². The average molecular weight is 431 g/mol. The van der Waals surface area contributed by atoms with Crippen LogP contribution in [-0.4, -0.2) is 48.9 Å². The molecule has 0 aromatic heterocycles. The van der Waals surface area contributed by atoms with Crippen LogP contribution in [0, 0.1) is 12.7 Å². The number of rotatable bonds is 3. The zero-order valence-corrected chi connectivity index (χ0v) is 17.7. The highest BCUT2D eigenvalue weighted by molar-refractivity contribution is 6.31. The minimum atomic E-state index is -0.544.